The molecule has 3 aliphatic heterocycles. The van der Waals surface area contributed by atoms with Crippen LogP contribution in [0.2, 0.25) is 5.02 Å². The number of hydrogen-bond donors (Lipinski definition) is 2. The Balaban J connectivity index is 1.23. The van der Waals surface area contributed by atoms with Crippen LogP contribution in [-0.4, -0.2) is 52.1 Å². The summed E-state index contributed by atoms with van der Waals surface area (Å²) in [5, 5.41) is 6.50. The largest absolute Gasteiger partial charge is 0.456 e. The van der Waals surface area contributed by atoms with E-state index in [1.165, 1.54) is 22.7 Å². The number of hydrogen-bond acceptors (Lipinski definition) is 6. The lowest BCUT2D eigenvalue weighted by molar-refractivity contribution is -0.126. The average molecular weight is 562 g/mol. The Morgan fingerprint density at radius 1 is 1.21 bits per heavy atom. The van der Waals surface area contributed by atoms with E-state index in [-0.39, 0.29) is 23.9 Å². The van der Waals surface area contributed by atoms with Crippen molar-refractivity contribution in [3.63, 3.8) is 0 Å². The molecule has 39 heavy (non-hydrogen) atoms. The molecule has 6 rings (SSSR count). The van der Waals surface area contributed by atoms with E-state index >= 15 is 0 Å². The van der Waals surface area contributed by atoms with E-state index in [2.05, 4.69) is 22.2 Å². The summed E-state index contributed by atoms with van der Waals surface area (Å²) in [5.41, 5.74) is 1.99. The zero-order valence-electron chi connectivity index (χ0n) is 20.7. The van der Waals surface area contributed by atoms with E-state index in [1.54, 1.807) is 35.4 Å². The average Bonchev–Trinajstić information content (AvgIpc) is 3.56. The SMILES string of the molecule is C=CC(=O)N1CCC(NC(=O)[C@@H]2Sc3nccc4c3C2NC(=O)N4c2ccc(Oc3ccccc3)c(Cl)c2)C1. The third-order valence-electron chi connectivity index (χ3n) is 6.93. The molecule has 0 bridgehead atoms. The lowest BCUT2D eigenvalue weighted by atomic mass is 9.99. The number of benzene rings is 2. The van der Waals surface area contributed by atoms with Gasteiger partial charge in [0.15, 0.2) is 0 Å². The maximum atomic E-state index is 13.4. The van der Waals surface area contributed by atoms with Crippen molar-refractivity contribution < 1.29 is 19.1 Å². The van der Waals surface area contributed by atoms with Gasteiger partial charge in [0, 0.05) is 30.9 Å². The Bertz CT molecular complexity index is 1490. The number of nitrogens with one attached hydrogen (secondary N) is 2. The normalized spacial score (nSPS) is 21.3. The Morgan fingerprint density at radius 3 is 2.79 bits per heavy atom. The Kier molecular flexibility index (Phi) is 6.66. The molecule has 4 heterocycles. The van der Waals surface area contributed by atoms with Crippen molar-refractivity contribution in [3.8, 4) is 11.5 Å². The summed E-state index contributed by atoms with van der Waals surface area (Å²) >= 11 is 7.87. The van der Waals surface area contributed by atoms with Crippen LogP contribution in [0.1, 0.15) is 18.0 Å². The summed E-state index contributed by atoms with van der Waals surface area (Å²) in [6.07, 6.45) is 3.57. The summed E-state index contributed by atoms with van der Waals surface area (Å²) in [5.74, 6) is 0.764. The topological polar surface area (TPSA) is 104 Å². The standard InChI is InChI=1S/C28H24ClN5O4S/c1-2-22(35)33-13-11-16(15-33)31-26(36)25-24-23-20(10-12-30-27(23)39-25)34(28(37)32-24)17-8-9-21(19(29)14-17)38-18-6-4-3-5-7-18/h2-10,12,14,16,24-25H,1,11,13,15H2,(H,31,36)(H,32,37)/t16?,24?,25-/m1/s1. The number of thioether (sulfide) groups is 1. The van der Waals surface area contributed by atoms with Crippen LogP contribution in [0.15, 0.2) is 78.5 Å². The highest BCUT2D eigenvalue weighted by Gasteiger charge is 2.47. The molecule has 3 atom stereocenters. The Hall–Kier alpha value is -4.02. The fraction of sp³-hybridized carbons (Fsp3) is 0.214. The van der Waals surface area contributed by atoms with Crippen molar-refractivity contribution in [2.24, 2.45) is 0 Å². The van der Waals surface area contributed by atoms with Gasteiger partial charge in [-0.15, -0.1) is 0 Å². The van der Waals surface area contributed by atoms with Crippen LogP contribution in [0.4, 0.5) is 16.2 Å². The summed E-state index contributed by atoms with van der Waals surface area (Å²) in [6.45, 7) is 4.52. The monoisotopic (exact) mass is 561 g/mol. The van der Waals surface area contributed by atoms with Gasteiger partial charge in [-0.1, -0.05) is 48.1 Å². The molecule has 1 aromatic heterocycles. The van der Waals surface area contributed by atoms with Crippen LogP contribution in [0, 0.1) is 0 Å². The minimum atomic E-state index is -0.589. The molecule has 198 valence electrons. The van der Waals surface area contributed by atoms with Gasteiger partial charge in [0.05, 0.1) is 22.4 Å². The van der Waals surface area contributed by atoms with Gasteiger partial charge in [-0.3, -0.25) is 14.5 Å². The van der Waals surface area contributed by atoms with Gasteiger partial charge in [0.25, 0.3) is 0 Å². The molecule has 1 fully saturated rings. The summed E-state index contributed by atoms with van der Waals surface area (Å²) in [6, 6.07) is 15.1. The van der Waals surface area contributed by atoms with Gasteiger partial charge in [-0.05, 0) is 48.9 Å². The summed E-state index contributed by atoms with van der Waals surface area (Å²) in [7, 11) is 0. The van der Waals surface area contributed by atoms with E-state index in [0.29, 0.717) is 52.4 Å². The lowest BCUT2D eigenvalue weighted by Crippen LogP contribution is -2.50. The van der Waals surface area contributed by atoms with Crippen LogP contribution in [0.3, 0.4) is 0 Å². The molecule has 3 aromatic rings. The Morgan fingerprint density at radius 2 is 2.03 bits per heavy atom. The van der Waals surface area contributed by atoms with Crippen molar-refractivity contribution in [3.05, 3.63) is 84.0 Å². The second-order valence-electron chi connectivity index (χ2n) is 9.36. The molecule has 0 spiro atoms. The number of aromatic nitrogens is 1. The third kappa shape index (κ3) is 4.70. The first-order valence-corrected chi connectivity index (χ1v) is 13.7. The molecule has 2 N–H and O–H groups in total. The van der Waals surface area contributed by atoms with Gasteiger partial charge in [-0.25, -0.2) is 9.78 Å². The predicted molar refractivity (Wildman–Crippen MR) is 149 cm³/mol. The van der Waals surface area contributed by atoms with Crippen LogP contribution in [0.25, 0.3) is 0 Å². The van der Waals surface area contributed by atoms with Crippen molar-refractivity contribution >= 4 is 52.6 Å². The maximum Gasteiger partial charge on any atom is 0.327 e. The maximum absolute atomic E-state index is 13.4. The zero-order valence-corrected chi connectivity index (χ0v) is 22.2. The van der Waals surface area contributed by atoms with Crippen molar-refractivity contribution in [1.29, 1.82) is 0 Å². The number of carbonyl (C=O) groups is 3. The van der Waals surface area contributed by atoms with Gasteiger partial charge < -0.3 is 20.3 Å². The van der Waals surface area contributed by atoms with Crippen molar-refractivity contribution in [2.45, 2.75) is 28.8 Å². The third-order valence-corrected chi connectivity index (χ3v) is 8.51. The van der Waals surface area contributed by atoms with Crippen molar-refractivity contribution in [2.75, 3.05) is 18.0 Å². The van der Waals surface area contributed by atoms with Crippen LogP contribution < -0.4 is 20.3 Å². The second kappa shape index (κ2) is 10.3. The fourth-order valence-electron chi connectivity index (χ4n) is 5.10. The number of ether oxygens (including phenoxy) is 1. The molecular formula is C28H24ClN5O4S. The first-order valence-electron chi connectivity index (χ1n) is 12.4. The number of nitrogens with zero attached hydrogens (tertiary/aromatic N) is 3. The zero-order chi connectivity index (χ0) is 27.1. The highest BCUT2D eigenvalue weighted by molar-refractivity contribution is 8.01. The molecule has 4 amide bonds. The molecule has 2 unspecified atom stereocenters. The van der Waals surface area contributed by atoms with Gasteiger partial charge in [-0.2, -0.15) is 0 Å². The summed E-state index contributed by atoms with van der Waals surface area (Å²) < 4.78 is 5.88. The fourth-order valence-corrected chi connectivity index (χ4v) is 6.55. The molecule has 0 radical (unpaired) electrons. The highest BCUT2D eigenvalue weighted by atomic mass is 35.5. The number of carbonyl (C=O) groups excluding carboxylic acids is 3. The molecule has 0 saturated carbocycles. The number of anilines is 2. The van der Waals surface area contributed by atoms with E-state index in [1.807, 2.05) is 30.3 Å². The van der Waals surface area contributed by atoms with E-state index in [0.717, 1.165) is 5.56 Å². The molecule has 0 aliphatic carbocycles. The highest BCUT2D eigenvalue weighted by Crippen LogP contribution is 2.51. The minimum absolute atomic E-state index is 0.150. The van der Waals surface area contributed by atoms with Crippen molar-refractivity contribution in [1.82, 2.24) is 20.5 Å². The molecule has 1 saturated heterocycles. The van der Waals surface area contributed by atoms with Crippen LogP contribution >= 0.6 is 23.4 Å². The number of amides is 4. The van der Waals surface area contributed by atoms with Crippen LogP contribution in [0.5, 0.6) is 11.5 Å². The van der Waals surface area contributed by atoms with Gasteiger partial charge in [0.2, 0.25) is 11.8 Å². The summed E-state index contributed by atoms with van der Waals surface area (Å²) in [4.78, 5) is 46.4. The van der Waals surface area contributed by atoms with E-state index in [4.69, 9.17) is 16.3 Å². The van der Waals surface area contributed by atoms with Gasteiger partial charge in [0.1, 0.15) is 21.8 Å². The van der Waals surface area contributed by atoms with E-state index < -0.39 is 11.3 Å². The smallest absolute Gasteiger partial charge is 0.327 e. The molecule has 9 nitrogen and oxygen atoms in total. The number of urea groups is 1. The molecular weight excluding hydrogens is 538 g/mol. The lowest BCUT2D eigenvalue weighted by Gasteiger charge is -2.34. The quantitative estimate of drug-likeness (QED) is 0.419. The number of halogens is 1. The minimum Gasteiger partial charge on any atom is -0.456 e. The number of likely N-dealkylation sites (tertiary alicyclic amines) is 1. The number of pyridine rings is 1. The van der Waals surface area contributed by atoms with E-state index in [9.17, 15) is 14.4 Å². The number of para-hydroxylation sites is 1. The molecule has 3 aliphatic rings. The second-order valence-corrected chi connectivity index (χ2v) is 10.9. The number of rotatable bonds is 6. The Labute approximate surface area is 234 Å². The molecule has 2 aromatic carbocycles. The van der Waals surface area contributed by atoms with Gasteiger partial charge >= 0.3 is 6.03 Å². The van der Waals surface area contributed by atoms with Crippen LogP contribution in [-0.2, 0) is 9.59 Å². The molecule has 11 heteroatoms. The predicted octanol–water partition coefficient (Wildman–Crippen LogP) is 4.81. The first-order chi connectivity index (χ1) is 18.9. The first kappa shape index (κ1) is 25.3.